The van der Waals surface area contributed by atoms with Gasteiger partial charge in [-0.25, -0.2) is 4.79 Å². The number of benzene rings is 2. The number of alkyl halides is 3. The summed E-state index contributed by atoms with van der Waals surface area (Å²) in [6.45, 7) is 2.32. The van der Waals surface area contributed by atoms with Gasteiger partial charge in [-0.05, 0) is 36.8 Å². The number of urea groups is 1. The smallest absolute Gasteiger partial charge is 0.406 e. The third-order valence-electron chi connectivity index (χ3n) is 2.92. The number of nitrogens with one attached hydrogen (secondary N) is 2. The summed E-state index contributed by atoms with van der Waals surface area (Å²) >= 11 is 0. The molecule has 0 bridgehead atoms. The molecule has 0 aromatic heterocycles. The van der Waals surface area contributed by atoms with Gasteiger partial charge in [0.1, 0.15) is 5.75 Å². The van der Waals surface area contributed by atoms with Gasteiger partial charge in [0.2, 0.25) is 0 Å². The number of amides is 2. The van der Waals surface area contributed by atoms with Crippen LogP contribution in [-0.4, -0.2) is 12.4 Å². The molecule has 0 aliphatic rings. The lowest BCUT2D eigenvalue weighted by molar-refractivity contribution is -0.274. The van der Waals surface area contributed by atoms with Gasteiger partial charge in [0, 0.05) is 12.2 Å². The zero-order chi connectivity index (χ0) is 16.9. The topological polar surface area (TPSA) is 50.4 Å². The van der Waals surface area contributed by atoms with Crippen molar-refractivity contribution in [1.82, 2.24) is 5.32 Å². The average molecular weight is 324 g/mol. The normalized spacial score (nSPS) is 11.0. The first-order chi connectivity index (χ1) is 10.8. The zero-order valence-corrected chi connectivity index (χ0v) is 12.3. The largest absolute Gasteiger partial charge is 0.573 e. The van der Waals surface area contributed by atoms with E-state index in [9.17, 15) is 18.0 Å². The van der Waals surface area contributed by atoms with Crippen LogP contribution in [0.5, 0.6) is 5.75 Å². The summed E-state index contributed by atoms with van der Waals surface area (Å²) in [5.74, 6) is -0.344. The van der Waals surface area contributed by atoms with Crippen LogP contribution in [0.2, 0.25) is 0 Å². The van der Waals surface area contributed by atoms with E-state index in [2.05, 4.69) is 15.4 Å². The van der Waals surface area contributed by atoms with E-state index in [0.717, 1.165) is 23.3 Å². The molecule has 0 radical (unpaired) electrons. The van der Waals surface area contributed by atoms with Crippen molar-refractivity contribution in [2.24, 2.45) is 0 Å². The lowest BCUT2D eigenvalue weighted by atomic mass is 10.1. The van der Waals surface area contributed by atoms with Crippen LogP contribution >= 0.6 is 0 Å². The number of hydrogen-bond acceptors (Lipinski definition) is 2. The standard InChI is InChI=1S/C16H15F3N2O2/c1-11-2-4-12(5-3-11)10-20-15(22)21-13-6-8-14(9-7-13)23-16(17,18)19/h2-9H,10H2,1H3,(H2,20,21,22). The van der Waals surface area contributed by atoms with Crippen molar-refractivity contribution >= 4 is 11.7 Å². The predicted octanol–water partition coefficient (Wildman–Crippen LogP) is 4.22. The van der Waals surface area contributed by atoms with Gasteiger partial charge in [-0.2, -0.15) is 0 Å². The van der Waals surface area contributed by atoms with Gasteiger partial charge in [-0.1, -0.05) is 29.8 Å². The molecule has 2 amide bonds. The van der Waals surface area contributed by atoms with Gasteiger partial charge in [0.05, 0.1) is 0 Å². The maximum atomic E-state index is 12.0. The molecule has 2 rings (SSSR count). The Morgan fingerprint density at radius 2 is 1.65 bits per heavy atom. The molecule has 0 saturated heterocycles. The third-order valence-corrected chi connectivity index (χ3v) is 2.92. The molecule has 2 aromatic carbocycles. The Balaban J connectivity index is 1.84. The molecule has 0 saturated carbocycles. The second kappa shape index (κ2) is 7.04. The van der Waals surface area contributed by atoms with Gasteiger partial charge >= 0.3 is 12.4 Å². The Kier molecular flexibility index (Phi) is 5.10. The first-order valence-corrected chi connectivity index (χ1v) is 6.78. The van der Waals surface area contributed by atoms with E-state index >= 15 is 0 Å². The molecule has 0 atom stereocenters. The Morgan fingerprint density at radius 1 is 1.04 bits per heavy atom. The van der Waals surface area contributed by atoms with Crippen LogP contribution in [-0.2, 0) is 6.54 Å². The number of carbonyl (C=O) groups excluding carboxylic acids is 1. The average Bonchev–Trinajstić information content (AvgIpc) is 2.47. The second-order valence-corrected chi connectivity index (χ2v) is 4.87. The van der Waals surface area contributed by atoms with Crippen LogP contribution in [0.1, 0.15) is 11.1 Å². The highest BCUT2D eigenvalue weighted by Crippen LogP contribution is 2.23. The third kappa shape index (κ3) is 5.90. The SMILES string of the molecule is Cc1ccc(CNC(=O)Nc2ccc(OC(F)(F)F)cc2)cc1. The molecule has 0 fully saturated rings. The van der Waals surface area contributed by atoms with Crippen LogP contribution in [0.4, 0.5) is 23.7 Å². The van der Waals surface area contributed by atoms with Crippen molar-refractivity contribution in [3.8, 4) is 5.75 Å². The van der Waals surface area contributed by atoms with Crippen LogP contribution in [0.15, 0.2) is 48.5 Å². The summed E-state index contributed by atoms with van der Waals surface area (Å²) in [7, 11) is 0. The zero-order valence-electron chi connectivity index (χ0n) is 12.3. The number of ether oxygens (including phenoxy) is 1. The van der Waals surface area contributed by atoms with E-state index in [0.29, 0.717) is 12.2 Å². The molecule has 0 unspecified atom stereocenters. The molecule has 0 heterocycles. The summed E-state index contributed by atoms with van der Waals surface area (Å²) in [6.07, 6.45) is -4.74. The van der Waals surface area contributed by atoms with E-state index in [1.54, 1.807) is 0 Å². The summed E-state index contributed by atoms with van der Waals surface area (Å²) in [5.41, 5.74) is 2.43. The summed E-state index contributed by atoms with van der Waals surface area (Å²) in [6, 6.07) is 12.1. The number of carbonyl (C=O) groups is 1. The fraction of sp³-hybridized carbons (Fsp3) is 0.188. The van der Waals surface area contributed by atoms with Crippen molar-refractivity contribution in [2.45, 2.75) is 19.8 Å². The molecule has 7 heteroatoms. The first kappa shape index (κ1) is 16.7. The van der Waals surface area contributed by atoms with E-state index in [4.69, 9.17) is 0 Å². The van der Waals surface area contributed by atoms with Crippen LogP contribution in [0.25, 0.3) is 0 Å². The first-order valence-electron chi connectivity index (χ1n) is 6.78. The van der Waals surface area contributed by atoms with E-state index < -0.39 is 12.4 Å². The fourth-order valence-electron chi connectivity index (χ4n) is 1.80. The lowest BCUT2D eigenvalue weighted by Crippen LogP contribution is -2.28. The summed E-state index contributed by atoms with van der Waals surface area (Å²) in [4.78, 5) is 11.7. The van der Waals surface area contributed by atoms with Gasteiger partial charge < -0.3 is 15.4 Å². The number of rotatable bonds is 4. The molecule has 23 heavy (non-hydrogen) atoms. The molecular formula is C16H15F3N2O2. The number of halogens is 3. The van der Waals surface area contributed by atoms with Crippen molar-refractivity contribution < 1.29 is 22.7 Å². The molecule has 122 valence electrons. The van der Waals surface area contributed by atoms with Crippen molar-refractivity contribution in [3.63, 3.8) is 0 Å². The minimum absolute atomic E-state index is 0.344. The van der Waals surface area contributed by atoms with Crippen molar-refractivity contribution in [3.05, 3.63) is 59.7 Å². The second-order valence-electron chi connectivity index (χ2n) is 4.87. The summed E-state index contributed by atoms with van der Waals surface area (Å²) in [5, 5.41) is 5.19. The maximum absolute atomic E-state index is 12.0. The highest BCUT2D eigenvalue weighted by molar-refractivity contribution is 5.89. The number of anilines is 1. The van der Waals surface area contributed by atoms with Crippen LogP contribution < -0.4 is 15.4 Å². The molecule has 4 nitrogen and oxygen atoms in total. The Morgan fingerprint density at radius 3 is 2.22 bits per heavy atom. The lowest BCUT2D eigenvalue weighted by Gasteiger charge is -2.10. The van der Waals surface area contributed by atoms with Gasteiger partial charge in [0.15, 0.2) is 0 Å². The van der Waals surface area contributed by atoms with Crippen molar-refractivity contribution in [2.75, 3.05) is 5.32 Å². The number of hydrogen-bond donors (Lipinski definition) is 2. The molecule has 0 aliphatic heterocycles. The minimum Gasteiger partial charge on any atom is -0.406 e. The highest BCUT2D eigenvalue weighted by Gasteiger charge is 2.30. The fourth-order valence-corrected chi connectivity index (χ4v) is 1.80. The molecule has 2 N–H and O–H groups in total. The Hall–Kier alpha value is -2.70. The Labute approximate surface area is 131 Å². The van der Waals surface area contributed by atoms with Gasteiger partial charge in [0.25, 0.3) is 0 Å². The van der Waals surface area contributed by atoms with E-state index in [-0.39, 0.29) is 5.75 Å². The van der Waals surface area contributed by atoms with Gasteiger partial charge in [-0.3, -0.25) is 0 Å². The minimum atomic E-state index is -4.74. The molecule has 0 spiro atoms. The molecular weight excluding hydrogens is 309 g/mol. The molecule has 2 aromatic rings. The number of aryl methyl sites for hydroxylation is 1. The monoisotopic (exact) mass is 324 g/mol. The quantitative estimate of drug-likeness (QED) is 0.885. The Bertz CT molecular complexity index is 653. The van der Waals surface area contributed by atoms with E-state index in [1.165, 1.54) is 12.1 Å². The van der Waals surface area contributed by atoms with E-state index in [1.807, 2.05) is 31.2 Å². The highest BCUT2D eigenvalue weighted by atomic mass is 19.4. The van der Waals surface area contributed by atoms with Crippen LogP contribution in [0, 0.1) is 6.92 Å². The van der Waals surface area contributed by atoms with Crippen LogP contribution in [0.3, 0.4) is 0 Å². The van der Waals surface area contributed by atoms with Gasteiger partial charge in [-0.15, -0.1) is 13.2 Å². The summed E-state index contributed by atoms with van der Waals surface area (Å²) < 4.78 is 39.9. The molecule has 0 aliphatic carbocycles. The maximum Gasteiger partial charge on any atom is 0.573 e. The predicted molar refractivity (Wildman–Crippen MR) is 80.2 cm³/mol. The van der Waals surface area contributed by atoms with Crippen molar-refractivity contribution in [1.29, 1.82) is 0 Å².